The summed E-state index contributed by atoms with van der Waals surface area (Å²) >= 11 is 0. The molecule has 3 saturated heterocycles. The molecule has 5 N–H and O–H groups in total. The zero-order valence-electron chi connectivity index (χ0n) is 33.3. The summed E-state index contributed by atoms with van der Waals surface area (Å²) in [4.78, 5) is 101. The number of hydrogen-bond donors (Lipinski definition) is 5. The van der Waals surface area contributed by atoms with Gasteiger partial charge in [0.2, 0.25) is 29.5 Å². The van der Waals surface area contributed by atoms with E-state index in [1.807, 2.05) is 13.8 Å². The molecule has 314 valence electrons. The number of nitrogens with one attached hydrogen (secondary N) is 4. The smallest absolute Gasteiger partial charge is 0.329 e. The minimum Gasteiger partial charge on any atom is -0.458 e. The van der Waals surface area contributed by atoms with Gasteiger partial charge in [-0.2, -0.15) is 0 Å². The van der Waals surface area contributed by atoms with Crippen molar-refractivity contribution in [3.63, 3.8) is 0 Å². The number of amides is 7. The van der Waals surface area contributed by atoms with Gasteiger partial charge in [0.1, 0.15) is 54.0 Å². The number of ether oxygens (including phenoxy) is 1. The maximum absolute atomic E-state index is 14.6. The first kappa shape index (κ1) is 43.5. The van der Waals surface area contributed by atoms with E-state index >= 15 is 0 Å². The van der Waals surface area contributed by atoms with E-state index in [9.17, 15) is 47.4 Å². The lowest BCUT2D eigenvalue weighted by molar-refractivity contribution is -0.163. The van der Waals surface area contributed by atoms with E-state index in [-0.39, 0.29) is 37.4 Å². The van der Waals surface area contributed by atoms with Crippen LogP contribution in [0, 0.1) is 24.5 Å². The molecular formula is C40H51F2N7O9. The number of hydrogen-bond acceptors (Lipinski definition) is 9. The average molecular weight is 812 g/mol. The molecule has 16 nitrogen and oxygen atoms in total. The highest BCUT2D eigenvalue weighted by atomic mass is 19.1. The molecule has 58 heavy (non-hydrogen) atoms. The van der Waals surface area contributed by atoms with Gasteiger partial charge in [0, 0.05) is 38.3 Å². The van der Waals surface area contributed by atoms with Crippen molar-refractivity contribution in [2.75, 3.05) is 25.5 Å². The third-order valence-electron chi connectivity index (χ3n) is 10.7. The molecule has 0 spiro atoms. The number of halogens is 2. The summed E-state index contributed by atoms with van der Waals surface area (Å²) < 4.78 is 34.4. The van der Waals surface area contributed by atoms with E-state index in [4.69, 9.17) is 4.74 Å². The molecule has 7 amide bonds. The number of likely N-dealkylation sites (N-methyl/N-ethyl adjacent to an activating group) is 1. The molecule has 0 radical (unpaired) electrons. The monoisotopic (exact) mass is 811 g/mol. The number of anilines is 1. The Balaban J connectivity index is 1.51. The summed E-state index contributed by atoms with van der Waals surface area (Å²) in [6, 6.07) is 0.333. The highest BCUT2D eigenvalue weighted by molar-refractivity contribution is 5.98. The maximum Gasteiger partial charge on any atom is 0.329 e. The first-order chi connectivity index (χ1) is 27.3. The fraction of sp³-hybridized carbons (Fsp3) is 0.525. The Bertz CT molecular complexity index is 1890. The van der Waals surface area contributed by atoms with Crippen LogP contribution in [-0.2, 0) is 39.9 Å². The first-order valence-electron chi connectivity index (χ1n) is 19.3. The van der Waals surface area contributed by atoms with Gasteiger partial charge < -0.3 is 45.8 Å². The van der Waals surface area contributed by atoms with Crippen molar-refractivity contribution in [2.45, 2.75) is 109 Å². The Hall–Kier alpha value is -5.65. The second kappa shape index (κ2) is 18.3. The molecule has 3 aliphatic heterocycles. The maximum atomic E-state index is 14.6. The van der Waals surface area contributed by atoms with Crippen molar-refractivity contribution in [2.24, 2.45) is 5.92 Å². The lowest BCUT2D eigenvalue weighted by Crippen LogP contribution is -2.63. The molecule has 3 aliphatic rings. The van der Waals surface area contributed by atoms with Gasteiger partial charge in [-0.3, -0.25) is 24.0 Å². The molecule has 2 aromatic carbocycles. The summed E-state index contributed by atoms with van der Waals surface area (Å²) in [6.07, 6.45) is -2.58. The second-order valence-corrected chi connectivity index (χ2v) is 15.5. The molecule has 3 fully saturated rings. The van der Waals surface area contributed by atoms with E-state index in [1.54, 1.807) is 24.3 Å². The van der Waals surface area contributed by atoms with Gasteiger partial charge in [-0.1, -0.05) is 24.6 Å². The Labute approximate surface area is 335 Å². The number of aliphatic hydroxyl groups excluding tert-OH is 1. The van der Waals surface area contributed by atoms with Crippen LogP contribution in [0.25, 0.3) is 0 Å². The molecule has 0 bridgehead atoms. The van der Waals surface area contributed by atoms with Crippen molar-refractivity contribution in [1.29, 1.82) is 0 Å². The Morgan fingerprint density at radius 3 is 2.24 bits per heavy atom. The van der Waals surface area contributed by atoms with Crippen LogP contribution in [0.5, 0.6) is 0 Å². The zero-order valence-corrected chi connectivity index (χ0v) is 33.3. The number of fused-ring (bicyclic) bond motifs is 2. The number of esters is 1. The lowest BCUT2D eigenvalue weighted by atomic mass is 10.0. The third-order valence-corrected chi connectivity index (χ3v) is 10.7. The molecule has 3 heterocycles. The first-order valence-corrected chi connectivity index (χ1v) is 19.3. The number of aryl methyl sites for hydroxylation is 1. The number of cyclic esters (lactones) is 1. The third kappa shape index (κ3) is 10.1. The van der Waals surface area contributed by atoms with Gasteiger partial charge in [-0.05, 0) is 82.7 Å². The van der Waals surface area contributed by atoms with E-state index in [0.717, 1.165) is 22.6 Å². The zero-order chi connectivity index (χ0) is 42.6. The topological polar surface area (TPSA) is 207 Å². The predicted octanol–water partition coefficient (Wildman–Crippen LogP) is 1.38. The van der Waals surface area contributed by atoms with Crippen LogP contribution < -0.4 is 21.3 Å². The molecule has 0 saturated carbocycles. The van der Waals surface area contributed by atoms with E-state index in [1.165, 1.54) is 37.6 Å². The van der Waals surface area contributed by atoms with Gasteiger partial charge in [0.05, 0.1) is 6.10 Å². The second-order valence-electron chi connectivity index (χ2n) is 15.5. The van der Waals surface area contributed by atoms with Crippen molar-refractivity contribution in [3.8, 4) is 0 Å². The van der Waals surface area contributed by atoms with Crippen LogP contribution in [0.1, 0.15) is 58.1 Å². The van der Waals surface area contributed by atoms with Crippen LogP contribution in [-0.4, -0.2) is 130 Å². The normalized spacial score (nSPS) is 26.9. The number of aliphatic hydroxyl groups is 1. The van der Waals surface area contributed by atoms with Crippen molar-refractivity contribution >= 4 is 47.2 Å². The summed E-state index contributed by atoms with van der Waals surface area (Å²) in [6.45, 7) is 7.92. The molecular weight excluding hydrogens is 760 g/mol. The molecule has 2 aromatic rings. The Morgan fingerprint density at radius 1 is 0.948 bits per heavy atom. The summed E-state index contributed by atoms with van der Waals surface area (Å²) in [5, 5.41) is 20.9. The summed E-state index contributed by atoms with van der Waals surface area (Å²) in [5.74, 6) is -6.91. The van der Waals surface area contributed by atoms with Crippen molar-refractivity contribution < 1.29 is 52.2 Å². The van der Waals surface area contributed by atoms with Crippen LogP contribution in [0.3, 0.4) is 0 Å². The fourth-order valence-electron chi connectivity index (χ4n) is 7.78. The van der Waals surface area contributed by atoms with E-state index < -0.39 is 108 Å². The largest absolute Gasteiger partial charge is 0.458 e. The molecule has 5 rings (SSSR count). The van der Waals surface area contributed by atoms with E-state index in [2.05, 4.69) is 21.3 Å². The quantitative estimate of drug-likeness (QED) is 0.256. The number of urea groups is 1. The number of rotatable bonds is 7. The summed E-state index contributed by atoms with van der Waals surface area (Å²) in [7, 11) is 1.30. The standard InChI is InChI=1S/C40H51F2N7O9/c1-20-9-11-28(12-10-20)44-40(57)45-29(17-25-15-26(41)18-27(42)16-25)34(51)46-32-24(5)58-39(56)31-14-21(2)19-49(31)36(53)22(3)43-35(52)33(23(4)50)47(6)37(54)30-8-7-13-48(30)38(32)55/h9-12,15-16,18,21-24,29-33,50H,7-8,13-14,17,19H2,1-6H3,(H,43,52)(H,46,51)(H2,44,45,57)/t21-,22+,23+,24+,29+,30+,31+,32+,33+/m1/s1. The number of nitrogens with zero attached hydrogens (tertiary/aromatic N) is 3. The van der Waals surface area contributed by atoms with Gasteiger partial charge in [0.15, 0.2) is 0 Å². The van der Waals surface area contributed by atoms with E-state index in [0.29, 0.717) is 18.2 Å². The van der Waals surface area contributed by atoms with Crippen LogP contribution in [0.15, 0.2) is 42.5 Å². The Kier molecular flexibility index (Phi) is 13.7. The van der Waals surface area contributed by atoms with Gasteiger partial charge >= 0.3 is 12.0 Å². The predicted molar refractivity (Wildman–Crippen MR) is 205 cm³/mol. The van der Waals surface area contributed by atoms with Gasteiger partial charge in [0.25, 0.3) is 0 Å². The Morgan fingerprint density at radius 2 is 1.60 bits per heavy atom. The van der Waals surface area contributed by atoms with Crippen LogP contribution >= 0.6 is 0 Å². The van der Waals surface area contributed by atoms with Crippen molar-refractivity contribution in [3.05, 3.63) is 65.2 Å². The molecule has 0 aliphatic carbocycles. The van der Waals surface area contributed by atoms with Gasteiger partial charge in [-0.15, -0.1) is 0 Å². The lowest BCUT2D eigenvalue weighted by Gasteiger charge is -2.37. The van der Waals surface area contributed by atoms with Crippen LogP contribution in [0.4, 0.5) is 19.3 Å². The molecule has 0 aromatic heterocycles. The fourth-order valence-corrected chi connectivity index (χ4v) is 7.78. The molecule has 9 atom stereocenters. The molecule has 0 unspecified atom stereocenters. The van der Waals surface area contributed by atoms with Crippen molar-refractivity contribution in [1.82, 2.24) is 30.7 Å². The SMILES string of the molecule is Cc1ccc(NC(=O)N[C@@H](Cc2cc(F)cc(F)c2)C(=O)N[C@@H]2C(=O)N3CCC[C@H]3C(=O)N(C)[C@@H]([C@H](C)O)C(=O)N[C@@H](C)C(=O)N3C[C@H](C)C[C@H]3C(=O)O[C@H]2C)cc1. The highest BCUT2D eigenvalue weighted by Crippen LogP contribution is 2.27. The minimum atomic E-state index is -1.69. The summed E-state index contributed by atoms with van der Waals surface area (Å²) in [5.41, 5.74) is 1.29. The number of carbonyl (C=O) groups excluding carboxylic acids is 7. The molecule has 18 heteroatoms. The number of carbonyl (C=O) groups is 7. The van der Waals surface area contributed by atoms with Crippen LogP contribution in [0.2, 0.25) is 0 Å². The van der Waals surface area contributed by atoms with Gasteiger partial charge in [-0.25, -0.2) is 18.4 Å². The highest BCUT2D eigenvalue weighted by Gasteiger charge is 2.47. The minimum absolute atomic E-state index is 0.00337. The number of benzene rings is 2. The average Bonchev–Trinajstić information content (AvgIpc) is 3.80.